The highest BCUT2D eigenvalue weighted by Gasteiger charge is 2.46. The first-order chi connectivity index (χ1) is 15.7. The molecule has 0 radical (unpaired) electrons. The number of hydrogen-bond acceptors (Lipinski definition) is 6. The molecular weight excluding hydrogens is 425 g/mol. The van der Waals surface area contributed by atoms with Crippen LogP contribution in [0.15, 0.2) is 41.6 Å². The van der Waals surface area contributed by atoms with Crippen LogP contribution in [0.1, 0.15) is 37.6 Å². The fraction of sp³-hybridized carbons (Fsp3) is 0.304. The SMILES string of the molecule is CC(C)Cc1nc(-c2nc3c(c(=O)[nH]2)[C@](C)(Cc2ccc(F)cc2)C(=O)N3)cn2ncnc12. The van der Waals surface area contributed by atoms with Gasteiger partial charge >= 0.3 is 0 Å². The second-order valence-corrected chi connectivity index (χ2v) is 8.93. The highest BCUT2D eigenvalue weighted by atomic mass is 19.1. The van der Waals surface area contributed by atoms with Gasteiger partial charge in [0.05, 0.1) is 22.9 Å². The van der Waals surface area contributed by atoms with E-state index in [2.05, 4.69) is 44.2 Å². The molecule has 0 unspecified atom stereocenters. The maximum atomic E-state index is 13.3. The highest BCUT2D eigenvalue weighted by Crippen LogP contribution is 2.37. The molecule has 5 rings (SSSR count). The van der Waals surface area contributed by atoms with E-state index in [0.717, 1.165) is 11.3 Å². The summed E-state index contributed by atoms with van der Waals surface area (Å²) in [5.41, 5.74) is 1.24. The van der Waals surface area contributed by atoms with E-state index in [1.54, 1.807) is 29.8 Å². The van der Waals surface area contributed by atoms with Crippen LogP contribution in [-0.2, 0) is 23.1 Å². The van der Waals surface area contributed by atoms with Crippen molar-refractivity contribution in [1.29, 1.82) is 0 Å². The number of fused-ring (bicyclic) bond motifs is 2. The normalized spacial score (nSPS) is 17.5. The van der Waals surface area contributed by atoms with Gasteiger partial charge in [0.25, 0.3) is 5.56 Å². The maximum absolute atomic E-state index is 13.3. The third kappa shape index (κ3) is 3.57. The number of carbonyl (C=O) groups is 1. The summed E-state index contributed by atoms with van der Waals surface area (Å²) in [5, 5.41) is 6.95. The molecule has 1 amide bonds. The smallest absolute Gasteiger partial charge is 0.257 e. The van der Waals surface area contributed by atoms with Crippen LogP contribution in [-0.4, -0.2) is 35.5 Å². The lowest BCUT2D eigenvalue weighted by Gasteiger charge is -2.21. The fourth-order valence-corrected chi connectivity index (χ4v) is 4.26. The van der Waals surface area contributed by atoms with Gasteiger partial charge in [0.15, 0.2) is 11.5 Å². The third-order valence-corrected chi connectivity index (χ3v) is 5.85. The van der Waals surface area contributed by atoms with Gasteiger partial charge in [0, 0.05) is 0 Å². The molecule has 0 aliphatic carbocycles. The van der Waals surface area contributed by atoms with Crippen molar-refractivity contribution < 1.29 is 9.18 Å². The molecule has 10 heteroatoms. The van der Waals surface area contributed by atoms with Gasteiger partial charge in [-0.2, -0.15) is 5.10 Å². The van der Waals surface area contributed by atoms with Crippen LogP contribution in [0.3, 0.4) is 0 Å². The minimum absolute atomic E-state index is 0.203. The van der Waals surface area contributed by atoms with Crippen LogP contribution in [0.25, 0.3) is 17.2 Å². The molecule has 1 aliphatic heterocycles. The number of nitrogens with one attached hydrogen (secondary N) is 2. The summed E-state index contributed by atoms with van der Waals surface area (Å²) < 4.78 is 14.9. The molecular formula is C23H22FN7O2. The minimum atomic E-state index is -1.14. The van der Waals surface area contributed by atoms with E-state index in [4.69, 9.17) is 0 Å². The van der Waals surface area contributed by atoms with Gasteiger partial charge in [0.1, 0.15) is 23.7 Å². The van der Waals surface area contributed by atoms with Crippen molar-refractivity contribution in [2.24, 2.45) is 5.92 Å². The maximum Gasteiger partial charge on any atom is 0.257 e. The molecule has 168 valence electrons. The molecule has 0 spiro atoms. The van der Waals surface area contributed by atoms with E-state index < -0.39 is 11.0 Å². The molecule has 33 heavy (non-hydrogen) atoms. The van der Waals surface area contributed by atoms with Gasteiger partial charge in [0.2, 0.25) is 5.91 Å². The van der Waals surface area contributed by atoms with Crippen LogP contribution in [0.2, 0.25) is 0 Å². The molecule has 4 heterocycles. The molecule has 0 saturated carbocycles. The Morgan fingerprint density at radius 2 is 1.91 bits per heavy atom. The Morgan fingerprint density at radius 3 is 2.64 bits per heavy atom. The number of hydrogen-bond donors (Lipinski definition) is 2. The number of rotatable bonds is 5. The molecule has 3 aromatic heterocycles. The second kappa shape index (κ2) is 7.58. The van der Waals surface area contributed by atoms with E-state index in [1.165, 1.54) is 18.5 Å². The minimum Gasteiger partial charge on any atom is -0.309 e. The van der Waals surface area contributed by atoms with Crippen molar-refractivity contribution in [1.82, 2.24) is 29.5 Å². The third-order valence-electron chi connectivity index (χ3n) is 5.85. The zero-order valence-corrected chi connectivity index (χ0v) is 18.4. The number of halogens is 1. The van der Waals surface area contributed by atoms with Gasteiger partial charge in [-0.05, 0) is 43.4 Å². The van der Waals surface area contributed by atoms with E-state index >= 15 is 0 Å². The molecule has 1 aromatic carbocycles. The van der Waals surface area contributed by atoms with E-state index in [9.17, 15) is 14.0 Å². The number of anilines is 1. The molecule has 0 bridgehead atoms. The molecule has 1 atom stereocenters. The average molecular weight is 447 g/mol. The first-order valence-corrected chi connectivity index (χ1v) is 10.6. The topological polar surface area (TPSA) is 118 Å². The van der Waals surface area contributed by atoms with Gasteiger partial charge in [-0.3, -0.25) is 9.59 Å². The van der Waals surface area contributed by atoms with Crippen LogP contribution >= 0.6 is 0 Å². The summed E-state index contributed by atoms with van der Waals surface area (Å²) in [4.78, 5) is 42.4. The zero-order chi connectivity index (χ0) is 23.3. The average Bonchev–Trinajstić information content (AvgIpc) is 3.32. The number of benzene rings is 1. The Morgan fingerprint density at radius 1 is 1.15 bits per heavy atom. The molecule has 9 nitrogen and oxygen atoms in total. The van der Waals surface area contributed by atoms with Crippen molar-refractivity contribution in [2.75, 3.05) is 5.32 Å². The second-order valence-electron chi connectivity index (χ2n) is 8.93. The van der Waals surface area contributed by atoms with Crippen LogP contribution < -0.4 is 10.9 Å². The molecule has 1 aliphatic rings. The Labute approximate surface area is 188 Å². The fourth-order valence-electron chi connectivity index (χ4n) is 4.26. The summed E-state index contributed by atoms with van der Waals surface area (Å²) in [6.07, 6.45) is 4.01. The van der Waals surface area contributed by atoms with Crippen molar-refractivity contribution >= 4 is 17.4 Å². The number of aromatic nitrogens is 6. The summed E-state index contributed by atoms with van der Waals surface area (Å²) in [5.74, 6) is 0.0728. The Balaban J connectivity index is 1.58. The number of carbonyl (C=O) groups excluding carboxylic acids is 1. The Hall–Kier alpha value is -3.95. The summed E-state index contributed by atoms with van der Waals surface area (Å²) in [6.45, 7) is 5.84. The van der Waals surface area contributed by atoms with Crippen LogP contribution in [0.4, 0.5) is 10.2 Å². The first-order valence-electron chi connectivity index (χ1n) is 10.6. The van der Waals surface area contributed by atoms with E-state index in [1.807, 2.05) is 0 Å². The Kier molecular flexibility index (Phi) is 4.80. The van der Waals surface area contributed by atoms with E-state index in [0.29, 0.717) is 23.7 Å². The predicted octanol–water partition coefficient (Wildman–Crippen LogP) is 2.66. The number of H-pyrrole nitrogens is 1. The van der Waals surface area contributed by atoms with Crippen molar-refractivity contribution in [3.05, 3.63) is 69.8 Å². The van der Waals surface area contributed by atoms with Gasteiger partial charge in [-0.15, -0.1) is 0 Å². The lowest BCUT2D eigenvalue weighted by Crippen LogP contribution is -2.37. The largest absolute Gasteiger partial charge is 0.309 e. The number of aromatic amines is 1. The molecule has 0 saturated heterocycles. The quantitative estimate of drug-likeness (QED) is 0.486. The molecule has 2 N–H and O–H groups in total. The lowest BCUT2D eigenvalue weighted by atomic mass is 9.79. The summed E-state index contributed by atoms with van der Waals surface area (Å²) >= 11 is 0. The molecule has 4 aromatic rings. The highest BCUT2D eigenvalue weighted by molar-refractivity contribution is 6.05. The standard InChI is InChI=1S/C23H22FN7O2/c1-12(2)8-15-20-25-11-26-31(20)10-16(27-15)18-28-19-17(21(32)29-18)23(3,22(33)30-19)9-13-4-6-14(24)7-5-13/h4-7,10-12H,8-9H2,1-3H3,(H2,28,29,30,32,33)/t23-/m0/s1. The summed E-state index contributed by atoms with van der Waals surface area (Å²) in [6, 6.07) is 5.88. The first kappa shape index (κ1) is 20.9. The van der Waals surface area contributed by atoms with E-state index in [-0.39, 0.29) is 35.4 Å². The van der Waals surface area contributed by atoms with Crippen molar-refractivity contribution in [2.45, 2.75) is 39.0 Å². The Bertz CT molecular complexity index is 1440. The predicted molar refractivity (Wildman–Crippen MR) is 119 cm³/mol. The monoisotopic (exact) mass is 447 g/mol. The van der Waals surface area contributed by atoms with Crippen LogP contribution in [0, 0.1) is 11.7 Å². The number of amides is 1. The lowest BCUT2D eigenvalue weighted by molar-refractivity contribution is -0.120. The molecule has 0 fully saturated rings. The van der Waals surface area contributed by atoms with Gasteiger partial charge in [-0.1, -0.05) is 26.0 Å². The van der Waals surface area contributed by atoms with Crippen molar-refractivity contribution in [3.63, 3.8) is 0 Å². The van der Waals surface area contributed by atoms with Crippen molar-refractivity contribution in [3.8, 4) is 11.5 Å². The zero-order valence-electron chi connectivity index (χ0n) is 18.4. The van der Waals surface area contributed by atoms with Gasteiger partial charge < -0.3 is 10.3 Å². The van der Waals surface area contributed by atoms with Gasteiger partial charge in [-0.25, -0.2) is 23.9 Å². The van der Waals surface area contributed by atoms with Crippen LogP contribution in [0.5, 0.6) is 0 Å². The number of nitrogens with zero attached hydrogens (tertiary/aromatic N) is 5. The summed E-state index contributed by atoms with van der Waals surface area (Å²) in [7, 11) is 0.